The van der Waals surface area contributed by atoms with Gasteiger partial charge in [-0.3, -0.25) is 14.4 Å². The van der Waals surface area contributed by atoms with Crippen LogP contribution < -0.4 is 10.6 Å². The second-order valence-electron chi connectivity index (χ2n) is 10.8. The highest BCUT2D eigenvalue weighted by atomic mass is 16.3. The molecular weight excluding hydrogens is 464 g/mol. The molecule has 3 atom stereocenters. The number of carbonyl (C=O) groups is 3. The van der Waals surface area contributed by atoms with Crippen LogP contribution in [0.15, 0.2) is 28.7 Å². The standard InChI is InChI=1S/C27H32N2O7/c1-12(2)15-11-17(29-6-4-3-5-7-29)22(31)20-16(15)9-13-8-14-10-18(30)21(26(28)35)25(34)27(14,36)24(33)19(13)23(20)32/h11-14,30-31,33,36H,3-10H2,1-2H3,(H2,28,35)/t13-,14+,27+/m1/s1. The minimum absolute atomic E-state index is 0.0664. The van der Waals surface area contributed by atoms with Crippen LogP contribution in [0.1, 0.15) is 73.4 Å². The van der Waals surface area contributed by atoms with E-state index in [0.717, 1.165) is 37.9 Å². The maximum atomic E-state index is 13.9. The molecular formula is C27H32N2O7. The average Bonchev–Trinajstić information content (AvgIpc) is 2.81. The molecule has 192 valence electrons. The molecule has 1 heterocycles. The number of anilines is 1. The van der Waals surface area contributed by atoms with Crippen LogP contribution in [-0.4, -0.2) is 56.6 Å². The molecule has 6 N–H and O–H groups in total. The summed E-state index contributed by atoms with van der Waals surface area (Å²) in [5, 5.41) is 44.3. The molecule has 1 aliphatic heterocycles. The maximum Gasteiger partial charge on any atom is 0.255 e. The number of allylic oxidation sites excluding steroid dienone is 2. The van der Waals surface area contributed by atoms with Gasteiger partial charge in [0.05, 0.1) is 11.3 Å². The first-order chi connectivity index (χ1) is 17.0. The number of amides is 1. The molecule has 1 amide bonds. The molecule has 0 bridgehead atoms. The molecule has 9 heteroatoms. The van der Waals surface area contributed by atoms with Crippen molar-refractivity contribution in [2.45, 2.75) is 63.9 Å². The Morgan fingerprint density at radius 2 is 1.78 bits per heavy atom. The van der Waals surface area contributed by atoms with E-state index in [9.17, 15) is 34.8 Å². The number of phenols is 1. The number of aliphatic hydroxyl groups is 3. The molecule has 9 nitrogen and oxygen atoms in total. The zero-order chi connectivity index (χ0) is 26.1. The molecule has 1 saturated heterocycles. The normalized spacial score (nSPS) is 28.3. The highest BCUT2D eigenvalue weighted by molar-refractivity contribution is 6.24. The van der Waals surface area contributed by atoms with Crippen LogP contribution in [0.25, 0.3) is 0 Å². The van der Waals surface area contributed by atoms with Crippen molar-refractivity contribution in [1.29, 1.82) is 0 Å². The van der Waals surface area contributed by atoms with E-state index < -0.39 is 52.0 Å². The van der Waals surface area contributed by atoms with E-state index >= 15 is 0 Å². The Bertz CT molecular complexity index is 1260. The number of aromatic hydroxyl groups is 1. The Morgan fingerprint density at radius 3 is 2.39 bits per heavy atom. The zero-order valence-electron chi connectivity index (χ0n) is 20.5. The van der Waals surface area contributed by atoms with Gasteiger partial charge in [-0.25, -0.2) is 0 Å². The predicted octanol–water partition coefficient (Wildman–Crippen LogP) is 2.69. The lowest BCUT2D eigenvalue weighted by Crippen LogP contribution is -2.57. The van der Waals surface area contributed by atoms with Gasteiger partial charge in [0.25, 0.3) is 5.91 Å². The highest BCUT2D eigenvalue weighted by Crippen LogP contribution is 2.53. The Morgan fingerprint density at radius 1 is 1.11 bits per heavy atom. The Hall–Kier alpha value is -3.33. The number of aliphatic hydroxyl groups excluding tert-OH is 2. The van der Waals surface area contributed by atoms with E-state index in [1.807, 2.05) is 19.9 Å². The number of rotatable bonds is 3. The number of fused-ring (bicyclic) bond motifs is 3. The smallest absolute Gasteiger partial charge is 0.255 e. The molecule has 4 aliphatic rings. The fourth-order valence-electron chi connectivity index (χ4n) is 6.59. The molecule has 36 heavy (non-hydrogen) atoms. The second-order valence-corrected chi connectivity index (χ2v) is 10.8. The van der Waals surface area contributed by atoms with Crippen LogP contribution in [0.5, 0.6) is 5.75 Å². The van der Waals surface area contributed by atoms with Gasteiger partial charge in [0.1, 0.15) is 22.8 Å². The molecule has 0 saturated carbocycles. The third-order valence-electron chi connectivity index (χ3n) is 8.40. The molecule has 0 aromatic heterocycles. The number of nitrogens with zero attached hydrogens (tertiary/aromatic N) is 1. The number of hydrogen-bond donors (Lipinski definition) is 5. The van der Waals surface area contributed by atoms with E-state index in [4.69, 9.17) is 5.73 Å². The monoisotopic (exact) mass is 496 g/mol. The van der Waals surface area contributed by atoms with E-state index in [2.05, 4.69) is 4.90 Å². The summed E-state index contributed by atoms with van der Waals surface area (Å²) in [5.41, 5.74) is 4.15. The lowest BCUT2D eigenvalue weighted by atomic mass is 9.60. The van der Waals surface area contributed by atoms with Gasteiger partial charge in [0.15, 0.2) is 11.4 Å². The minimum Gasteiger partial charge on any atom is -0.511 e. The van der Waals surface area contributed by atoms with E-state index in [0.29, 0.717) is 17.7 Å². The van der Waals surface area contributed by atoms with Crippen molar-refractivity contribution >= 4 is 23.2 Å². The third-order valence-corrected chi connectivity index (χ3v) is 8.40. The molecule has 1 fully saturated rings. The number of ketones is 2. The summed E-state index contributed by atoms with van der Waals surface area (Å²) >= 11 is 0. The molecule has 0 spiro atoms. The van der Waals surface area contributed by atoms with Crippen LogP contribution in [0.2, 0.25) is 0 Å². The van der Waals surface area contributed by atoms with Gasteiger partial charge in [-0.2, -0.15) is 0 Å². The van der Waals surface area contributed by atoms with Crippen molar-refractivity contribution < 1.29 is 34.8 Å². The van der Waals surface area contributed by atoms with E-state index in [1.54, 1.807) is 0 Å². The van der Waals surface area contributed by atoms with Gasteiger partial charge in [0, 0.05) is 31.0 Å². The summed E-state index contributed by atoms with van der Waals surface area (Å²) in [5.74, 6) is -5.93. The number of piperidine rings is 1. The zero-order valence-corrected chi connectivity index (χ0v) is 20.5. The number of nitrogens with two attached hydrogens (primary N) is 1. The number of hydrogen-bond acceptors (Lipinski definition) is 8. The number of phenolic OH excluding ortho intramolecular Hbond substituents is 1. The first-order valence-electron chi connectivity index (χ1n) is 12.6. The number of Topliss-reactive ketones (excluding diaryl/α,β-unsaturated/α-hetero) is 2. The minimum atomic E-state index is -2.55. The number of carbonyl (C=O) groups excluding carboxylic acids is 3. The molecule has 5 rings (SSSR count). The maximum absolute atomic E-state index is 13.9. The third kappa shape index (κ3) is 3.28. The van der Waals surface area contributed by atoms with Gasteiger partial charge in [-0.15, -0.1) is 0 Å². The second kappa shape index (κ2) is 8.37. The van der Waals surface area contributed by atoms with Crippen molar-refractivity contribution in [2.75, 3.05) is 18.0 Å². The average molecular weight is 497 g/mol. The fourth-order valence-corrected chi connectivity index (χ4v) is 6.59. The molecule has 1 aromatic carbocycles. The molecule has 3 aliphatic carbocycles. The van der Waals surface area contributed by atoms with Crippen molar-refractivity contribution in [3.63, 3.8) is 0 Å². The molecule has 1 aromatic rings. The fraction of sp³-hybridized carbons (Fsp3) is 0.519. The first kappa shape index (κ1) is 24.4. The van der Waals surface area contributed by atoms with Crippen molar-refractivity contribution in [3.05, 3.63) is 45.4 Å². The topological polar surface area (TPSA) is 161 Å². The predicted molar refractivity (Wildman–Crippen MR) is 131 cm³/mol. The van der Waals surface area contributed by atoms with Crippen molar-refractivity contribution in [2.24, 2.45) is 17.6 Å². The summed E-state index contributed by atoms with van der Waals surface area (Å²) in [4.78, 5) is 40.9. The Labute approximate surface area is 208 Å². The highest BCUT2D eigenvalue weighted by Gasteiger charge is 2.59. The number of benzene rings is 1. The molecule has 0 unspecified atom stereocenters. The van der Waals surface area contributed by atoms with Gasteiger partial charge >= 0.3 is 0 Å². The number of primary amides is 1. The van der Waals surface area contributed by atoms with E-state index in [1.165, 1.54) is 0 Å². The summed E-state index contributed by atoms with van der Waals surface area (Å²) < 4.78 is 0. The Balaban J connectivity index is 1.68. The van der Waals surface area contributed by atoms with Crippen LogP contribution in [0, 0.1) is 11.8 Å². The van der Waals surface area contributed by atoms with Gasteiger partial charge in [-0.1, -0.05) is 13.8 Å². The van der Waals surface area contributed by atoms with Crippen molar-refractivity contribution in [1.82, 2.24) is 0 Å². The quantitative estimate of drug-likeness (QED) is 0.399. The lowest BCUT2D eigenvalue weighted by molar-refractivity contribution is -0.144. The van der Waals surface area contributed by atoms with Crippen LogP contribution in [-0.2, 0) is 16.0 Å². The SMILES string of the molecule is CC(C)c1cc(N2CCCCC2)c(O)c2c1C[C@H]1C[C@H]3CC(O)=C(C(N)=O)C(=O)[C@@]3(O)C(O)=C1C2=O. The van der Waals surface area contributed by atoms with Gasteiger partial charge in [-0.05, 0) is 61.1 Å². The lowest BCUT2D eigenvalue weighted by Gasteiger charge is -2.46. The summed E-state index contributed by atoms with van der Waals surface area (Å²) in [6.45, 7) is 5.56. The first-order valence-corrected chi connectivity index (χ1v) is 12.6. The summed E-state index contributed by atoms with van der Waals surface area (Å²) in [6, 6.07) is 1.96. The largest absolute Gasteiger partial charge is 0.511 e. The Kier molecular flexibility index (Phi) is 5.66. The molecule has 0 radical (unpaired) electrons. The van der Waals surface area contributed by atoms with Crippen LogP contribution >= 0.6 is 0 Å². The van der Waals surface area contributed by atoms with Crippen molar-refractivity contribution in [3.8, 4) is 5.75 Å². The van der Waals surface area contributed by atoms with Gasteiger partial charge < -0.3 is 31.1 Å². The summed E-state index contributed by atoms with van der Waals surface area (Å²) in [7, 11) is 0. The summed E-state index contributed by atoms with van der Waals surface area (Å²) in [6.07, 6.45) is 3.30. The van der Waals surface area contributed by atoms with Gasteiger partial charge in [0.2, 0.25) is 5.78 Å². The van der Waals surface area contributed by atoms with E-state index in [-0.39, 0.29) is 35.6 Å². The van der Waals surface area contributed by atoms with Crippen LogP contribution in [0.4, 0.5) is 5.69 Å². The van der Waals surface area contributed by atoms with Crippen LogP contribution in [0.3, 0.4) is 0 Å².